The van der Waals surface area contributed by atoms with Crippen LogP contribution in [0.5, 0.6) is 0 Å². The van der Waals surface area contributed by atoms with Gasteiger partial charge in [0, 0.05) is 37.6 Å². The van der Waals surface area contributed by atoms with E-state index in [2.05, 4.69) is 15.9 Å². The van der Waals surface area contributed by atoms with E-state index in [0.29, 0.717) is 5.46 Å². The molecular formula is C16H25BN2O2. The second-order valence-corrected chi connectivity index (χ2v) is 6.25. The van der Waals surface area contributed by atoms with E-state index in [0.717, 1.165) is 37.6 Å². The maximum Gasteiger partial charge on any atom is 0.488 e. The van der Waals surface area contributed by atoms with Crippen molar-refractivity contribution in [3.05, 3.63) is 18.2 Å². The number of nitrogens with zero attached hydrogens (tertiary/aromatic N) is 2. The van der Waals surface area contributed by atoms with Crippen LogP contribution in [-0.2, 0) is 0 Å². The van der Waals surface area contributed by atoms with Gasteiger partial charge in [-0.3, -0.25) is 0 Å². The molecule has 0 radical (unpaired) electrons. The van der Waals surface area contributed by atoms with Crippen LogP contribution in [0.4, 0.5) is 11.4 Å². The molecule has 4 nitrogen and oxygen atoms in total. The second kappa shape index (κ2) is 6.71. The van der Waals surface area contributed by atoms with Gasteiger partial charge in [0.15, 0.2) is 0 Å². The molecule has 21 heavy (non-hydrogen) atoms. The van der Waals surface area contributed by atoms with Gasteiger partial charge in [-0.15, -0.1) is 0 Å². The topological polar surface area (TPSA) is 46.9 Å². The van der Waals surface area contributed by atoms with Gasteiger partial charge in [0.05, 0.1) is 0 Å². The van der Waals surface area contributed by atoms with Crippen molar-refractivity contribution in [2.75, 3.05) is 36.0 Å². The monoisotopic (exact) mass is 288 g/mol. The lowest BCUT2D eigenvalue weighted by Crippen LogP contribution is -2.36. The van der Waals surface area contributed by atoms with Crippen LogP contribution in [0.25, 0.3) is 0 Å². The van der Waals surface area contributed by atoms with Gasteiger partial charge in [-0.05, 0) is 62.2 Å². The van der Waals surface area contributed by atoms with Gasteiger partial charge in [0.2, 0.25) is 0 Å². The van der Waals surface area contributed by atoms with Crippen molar-refractivity contribution < 1.29 is 10.0 Å². The Labute approximate surface area is 127 Å². The highest BCUT2D eigenvalue weighted by molar-refractivity contribution is 6.58. The van der Waals surface area contributed by atoms with Crippen LogP contribution in [0.2, 0.25) is 0 Å². The Balaban J connectivity index is 1.89. The Morgan fingerprint density at radius 2 is 1.10 bits per heavy atom. The smallest absolute Gasteiger partial charge is 0.423 e. The largest absolute Gasteiger partial charge is 0.488 e. The summed E-state index contributed by atoms with van der Waals surface area (Å²) in [6.07, 6.45) is 7.52. The van der Waals surface area contributed by atoms with Crippen LogP contribution in [0.3, 0.4) is 0 Å². The zero-order valence-electron chi connectivity index (χ0n) is 12.7. The number of rotatable bonds is 3. The lowest BCUT2D eigenvalue weighted by Gasteiger charge is -2.33. The summed E-state index contributed by atoms with van der Waals surface area (Å²) in [7, 11) is -1.39. The Morgan fingerprint density at radius 3 is 1.48 bits per heavy atom. The lowest BCUT2D eigenvalue weighted by molar-refractivity contribution is 0.425. The van der Waals surface area contributed by atoms with Crippen molar-refractivity contribution in [2.45, 2.75) is 38.5 Å². The molecule has 0 aliphatic carbocycles. The van der Waals surface area contributed by atoms with E-state index >= 15 is 0 Å². The number of anilines is 2. The average Bonchev–Trinajstić information content (AvgIpc) is 2.56. The molecule has 2 fully saturated rings. The molecule has 1 aromatic rings. The number of piperidine rings is 2. The fourth-order valence-electron chi connectivity index (χ4n) is 3.44. The minimum absolute atomic E-state index is 0.610. The van der Waals surface area contributed by atoms with Gasteiger partial charge in [-0.2, -0.15) is 0 Å². The van der Waals surface area contributed by atoms with Gasteiger partial charge < -0.3 is 19.8 Å². The van der Waals surface area contributed by atoms with Gasteiger partial charge in [-0.1, -0.05) is 0 Å². The molecule has 1 aromatic carbocycles. The van der Waals surface area contributed by atoms with E-state index in [9.17, 15) is 10.0 Å². The number of hydrogen-bond donors (Lipinski definition) is 2. The zero-order chi connectivity index (χ0) is 14.7. The normalized spacial score (nSPS) is 19.7. The molecule has 2 aliphatic heterocycles. The maximum absolute atomic E-state index is 9.59. The summed E-state index contributed by atoms with van der Waals surface area (Å²) in [4.78, 5) is 4.76. The fraction of sp³-hybridized carbons (Fsp3) is 0.625. The molecule has 2 N–H and O–H groups in total. The van der Waals surface area contributed by atoms with Crippen molar-refractivity contribution in [2.24, 2.45) is 0 Å². The molecule has 114 valence electrons. The van der Waals surface area contributed by atoms with E-state index in [1.54, 1.807) is 0 Å². The van der Waals surface area contributed by atoms with Crippen molar-refractivity contribution >= 4 is 24.0 Å². The molecule has 2 heterocycles. The van der Waals surface area contributed by atoms with E-state index in [1.165, 1.54) is 38.5 Å². The predicted molar refractivity (Wildman–Crippen MR) is 88.4 cm³/mol. The molecule has 2 aliphatic rings. The molecule has 2 saturated heterocycles. The van der Waals surface area contributed by atoms with Crippen molar-refractivity contribution in [3.63, 3.8) is 0 Å². The Kier molecular flexibility index (Phi) is 4.71. The second-order valence-electron chi connectivity index (χ2n) is 6.25. The first-order valence-corrected chi connectivity index (χ1v) is 8.25. The average molecular weight is 288 g/mol. The molecule has 0 unspecified atom stereocenters. The molecular weight excluding hydrogens is 263 g/mol. The van der Waals surface area contributed by atoms with Crippen LogP contribution in [0.15, 0.2) is 18.2 Å². The van der Waals surface area contributed by atoms with Crippen molar-refractivity contribution in [1.29, 1.82) is 0 Å². The third-order valence-corrected chi connectivity index (χ3v) is 4.67. The Hall–Kier alpha value is -1.20. The molecule has 5 heteroatoms. The summed E-state index contributed by atoms with van der Waals surface area (Å²) in [6, 6.07) is 6.09. The molecule has 3 rings (SSSR count). The first-order valence-electron chi connectivity index (χ1n) is 8.25. The lowest BCUT2D eigenvalue weighted by atomic mass is 9.79. The van der Waals surface area contributed by atoms with Crippen LogP contribution in [-0.4, -0.2) is 43.3 Å². The van der Waals surface area contributed by atoms with E-state index in [1.807, 2.05) is 12.1 Å². The number of hydrogen-bond acceptors (Lipinski definition) is 4. The van der Waals surface area contributed by atoms with Crippen molar-refractivity contribution in [3.8, 4) is 0 Å². The highest BCUT2D eigenvalue weighted by atomic mass is 16.4. The summed E-state index contributed by atoms with van der Waals surface area (Å²) in [5.74, 6) is 0. The predicted octanol–water partition coefficient (Wildman–Crippen LogP) is 1.35. The maximum atomic E-state index is 9.59. The fourth-order valence-corrected chi connectivity index (χ4v) is 3.44. The van der Waals surface area contributed by atoms with Crippen LogP contribution < -0.4 is 15.3 Å². The zero-order valence-corrected chi connectivity index (χ0v) is 12.7. The van der Waals surface area contributed by atoms with Crippen LogP contribution in [0, 0.1) is 0 Å². The van der Waals surface area contributed by atoms with E-state index < -0.39 is 7.12 Å². The first-order chi connectivity index (χ1) is 10.2. The molecule has 0 aromatic heterocycles. The molecule has 0 atom stereocenters. The molecule has 0 amide bonds. The third kappa shape index (κ3) is 3.53. The summed E-state index contributed by atoms with van der Waals surface area (Å²) in [5, 5.41) is 19.2. The molecule has 0 bridgehead atoms. The SMILES string of the molecule is OB(O)c1cc(N2CCCCC2)cc(N2CCCCC2)c1. The van der Waals surface area contributed by atoms with Crippen molar-refractivity contribution in [1.82, 2.24) is 0 Å². The quantitative estimate of drug-likeness (QED) is 0.824. The Bertz CT molecular complexity index is 433. The molecule has 0 saturated carbocycles. The highest BCUT2D eigenvalue weighted by Gasteiger charge is 2.20. The number of benzene rings is 1. The summed E-state index contributed by atoms with van der Waals surface area (Å²) in [6.45, 7) is 4.30. The summed E-state index contributed by atoms with van der Waals surface area (Å²) < 4.78 is 0. The van der Waals surface area contributed by atoms with Gasteiger partial charge in [0.1, 0.15) is 0 Å². The van der Waals surface area contributed by atoms with E-state index in [4.69, 9.17) is 0 Å². The minimum atomic E-state index is -1.39. The van der Waals surface area contributed by atoms with Gasteiger partial charge >= 0.3 is 7.12 Å². The third-order valence-electron chi connectivity index (χ3n) is 4.67. The Morgan fingerprint density at radius 1 is 0.667 bits per heavy atom. The summed E-state index contributed by atoms with van der Waals surface area (Å²) >= 11 is 0. The molecule has 0 spiro atoms. The summed E-state index contributed by atoms with van der Waals surface area (Å²) in [5.41, 5.74) is 2.89. The standard InChI is InChI=1S/C16H25BN2O2/c20-17(21)14-11-15(18-7-3-1-4-8-18)13-16(12-14)19-9-5-2-6-10-19/h11-13,20-21H,1-10H2. The van der Waals surface area contributed by atoms with E-state index in [-0.39, 0.29) is 0 Å². The van der Waals surface area contributed by atoms with Gasteiger partial charge in [0.25, 0.3) is 0 Å². The first kappa shape index (κ1) is 14.7. The van der Waals surface area contributed by atoms with Crippen LogP contribution in [0.1, 0.15) is 38.5 Å². The minimum Gasteiger partial charge on any atom is -0.423 e. The highest BCUT2D eigenvalue weighted by Crippen LogP contribution is 2.26. The van der Waals surface area contributed by atoms with Crippen LogP contribution >= 0.6 is 0 Å². The van der Waals surface area contributed by atoms with Gasteiger partial charge in [-0.25, -0.2) is 0 Å².